The number of carbonyl (C=O) groups excluding carboxylic acids is 2. The highest BCUT2D eigenvalue weighted by Gasteiger charge is 2.49. The number of carbonyl (C=O) groups is 2. The number of hydrogen-bond acceptors (Lipinski definition) is 5. The van der Waals surface area contributed by atoms with E-state index in [1.165, 1.54) is 7.11 Å². The van der Waals surface area contributed by atoms with Gasteiger partial charge in [-0.15, -0.1) is 0 Å². The van der Waals surface area contributed by atoms with Gasteiger partial charge >= 0.3 is 5.97 Å². The Bertz CT molecular complexity index is 1970. The van der Waals surface area contributed by atoms with Crippen molar-refractivity contribution in [2.45, 2.75) is 59.9 Å². The third kappa shape index (κ3) is 4.18. The molecule has 0 saturated carbocycles. The van der Waals surface area contributed by atoms with Gasteiger partial charge in [-0.05, 0) is 73.1 Å². The van der Waals surface area contributed by atoms with E-state index >= 15 is 0 Å². The Morgan fingerprint density at radius 2 is 1.79 bits per heavy atom. The van der Waals surface area contributed by atoms with Gasteiger partial charge in [-0.1, -0.05) is 39.8 Å². The summed E-state index contributed by atoms with van der Waals surface area (Å²) in [4.78, 5) is 37.9. The second-order valence-electron chi connectivity index (χ2n) is 12.0. The molecule has 3 aromatic heterocycles. The van der Waals surface area contributed by atoms with Crippen molar-refractivity contribution in [2.24, 2.45) is 17.8 Å². The number of ether oxygens (including phenoxy) is 1. The van der Waals surface area contributed by atoms with Crippen LogP contribution in [0.25, 0.3) is 36.1 Å². The second-order valence-corrected chi connectivity index (χ2v) is 12.0. The molecule has 4 atom stereocenters. The first-order chi connectivity index (χ1) is 20.7. The van der Waals surface area contributed by atoms with Crippen molar-refractivity contribution < 1.29 is 19.4 Å². The number of allylic oxidation sites excluding steroid dienone is 1. The van der Waals surface area contributed by atoms with Gasteiger partial charge in [-0.2, -0.15) is 0 Å². The first-order valence-electron chi connectivity index (χ1n) is 15.1. The van der Waals surface area contributed by atoms with Gasteiger partial charge in [0.1, 0.15) is 5.92 Å². The fourth-order valence-electron chi connectivity index (χ4n) is 7.55. The van der Waals surface area contributed by atoms with Crippen LogP contribution >= 0.6 is 0 Å². The molecule has 1 saturated heterocycles. The van der Waals surface area contributed by atoms with E-state index in [2.05, 4.69) is 53.7 Å². The van der Waals surface area contributed by atoms with Gasteiger partial charge < -0.3 is 30.1 Å². The smallest absolute Gasteiger partial charge is 0.320 e. The van der Waals surface area contributed by atoms with Gasteiger partial charge in [0.2, 0.25) is 0 Å². The molecule has 8 bridgehead atoms. The summed E-state index contributed by atoms with van der Waals surface area (Å²) < 4.78 is 5.21. The minimum absolute atomic E-state index is 0.156. The van der Waals surface area contributed by atoms with Gasteiger partial charge in [0.15, 0.2) is 5.78 Å². The number of hydrogen-bond donors (Lipinski definition) is 5. The first-order valence-corrected chi connectivity index (χ1v) is 15.1. The van der Waals surface area contributed by atoms with Crippen molar-refractivity contribution in [2.75, 3.05) is 7.11 Å². The van der Waals surface area contributed by atoms with Crippen molar-refractivity contribution >= 4 is 47.9 Å². The molecule has 0 radical (unpaired) electrons. The van der Waals surface area contributed by atoms with Crippen LogP contribution in [0.1, 0.15) is 83.3 Å². The molecule has 5 heterocycles. The summed E-state index contributed by atoms with van der Waals surface area (Å²) in [5, 5.41) is 17.1. The SMILES string of the molecule is C=Cc1c2[nH]c(c1C)/C=C1/NC(C3=c4[nH]/c(c(C)c4C(=O)[C@@H]3C(=O)OC)=C\c3[nH]c(/c(=C\O)c3CC)=C\2)[C@@H](CCC)[C@@H]1C. The third-order valence-electron chi connectivity index (χ3n) is 9.82. The number of aliphatic hydroxyl groups is 1. The third-order valence-corrected chi connectivity index (χ3v) is 9.82. The van der Waals surface area contributed by atoms with E-state index in [9.17, 15) is 14.7 Å². The largest absolute Gasteiger partial charge is 0.515 e. The van der Waals surface area contributed by atoms with E-state index in [1.54, 1.807) is 0 Å². The average Bonchev–Trinajstić information content (AvgIpc) is 3.74. The van der Waals surface area contributed by atoms with Gasteiger partial charge in [0.25, 0.3) is 0 Å². The standard InChI is InChI=1S/C35H40N4O4/c1-8-11-21-17(5)24-12-23-16(4)19(9-2)26(36-23)14-28-22(15-40)20(10-3)27(37-28)13-25-18(6)29-33(39-25)30(32(21)38-24)31(34(29)41)35(42)43-7/h9,12-15,17,21,31-32,36-40H,2,8,10-11H2,1,3-7H3/b22-15-,24-12+,25-13-,28-14-/t17-,21-,31+,32?/m0/s1. The molecule has 8 nitrogen and oxygen atoms in total. The zero-order valence-electron chi connectivity index (χ0n) is 25.7. The summed E-state index contributed by atoms with van der Waals surface area (Å²) in [6.07, 6.45) is 11.8. The van der Waals surface area contributed by atoms with Crippen LogP contribution in [0, 0.1) is 31.6 Å². The van der Waals surface area contributed by atoms with Gasteiger partial charge in [0, 0.05) is 50.4 Å². The van der Waals surface area contributed by atoms with Gasteiger partial charge in [-0.25, -0.2) is 0 Å². The normalized spacial score (nSPS) is 25.4. The molecule has 8 heteroatoms. The highest BCUT2D eigenvalue weighted by Crippen LogP contribution is 2.42. The predicted octanol–water partition coefficient (Wildman–Crippen LogP) is 2.96. The lowest BCUT2D eigenvalue weighted by molar-refractivity contribution is -0.141. The molecule has 1 fully saturated rings. The molecule has 3 aliphatic rings. The van der Waals surface area contributed by atoms with E-state index in [0.29, 0.717) is 22.6 Å². The van der Waals surface area contributed by atoms with Gasteiger partial charge in [-0.3, -0.25) is 9.59 Å². The average molecular weight is 581 g/mol. The molecule has 6 rings (SSSR count). The molecule has 1 aliphatic carbocycles. The number of methoxy groups -OCH3 is 1. The molecule has 224 valence electrons. The van der Waals surface area contributed by atoms with Gasteiger partial charge in [0.05, 0.1) is 30.1 Å². The molecule has 1 unspecified atom stereocenters. The minimum Gasteiger partial charge on any atom is -0.515 e. The molecule has 2 aliphatic heterocycles. The van der Waals surface area contributed by atoms with E-state index in [-0.39, 0.29) is 23.7 Å². The number of fused-ring (bicyclic) bond motifs is 8. The molecule has 0 aromatic carbocycles. The van der Waals surface area contributed by atoms with Crippen molar-refractivity contribution in [3.8, 4) is 0 Å². The summed E-state index contributed by atoms with van der Waals surface area (Å²) in [5.74, 6) is -1.43. The lowest BCUT2D eigenvalue weighted by Crippen LogP contribution is -2.37. The number of H-pyrrole nitrogens is 3. The first kappa shape index (κ1) is 28.6. The number of ketones is 1. The van der Waals surface area contributed by atoms with E-state index in [0.717, 1.165) is 80.4 Å². The number of nitrogens with one attached hydrogen (secondary N) is 4. The molecular weight excluding hydrogens is 540 g/mol. The maximum atomic E-state index is 14.0. The number of aromatic nitrogens is 3. The maximum absolute atomic E-state index is 14.0. The Morgan fingerprint density at radius 3 is 2.44 bits per heavy atom. The molecule has 0 spiro atoms. The van der Waals surface area contributed by atoms with Crippen LogP contribution in [0.2, 0.25) is 0 Å². The van der Waals surface area contributed by atoms with E-state index < -0.39 is 11.9 Å². The molecular formula is C35H40N4O4. The number of Topliss-reactive ketones (excluding diaryl/α,β-unsaturated/α-hetero) is 1. The zero-order valence-corrected chi connectivity index (χ0v) is 25.7. The fourth-order valence-corrected chi connectivity index (χ4v) is 7.55. The monoisotopic (exact) mass is 580 g/mol. The summed E-state index contributed by atoms with van der Waals surface area (Å²) in [6.45, 7) is 14.5. The molecule has 5 N–H and O–H groups in total. The van der Waals surface area contributed by atoms with Crippen LogP contribution in [0.3, 0.4) is 0 Å². The highest BCUT2D eigenvalue weighted by atomic mass is 16.5. The predicted molar refractivity (Wildman–Crippen MR) is 170 cm³/mol. The van der Waals surface area contributed by atoms with Crippen molar-refractivity contribution in [3.63, 3.8) is 0 Å². The summed E-state index contributed by atoms with van der Waals surface area (Å²) in [7, 11) is 1.34. The highest BCUT2D eigenvalue weighted by molar-refractivity contribution is 6.19. The quantitative estimate of drug-likeness (QED) is 0.235. The summed E-state index contributed by atoms with van der Waals surface area (Å²) >= 11 is 0. The van der Waals surface area contributed by atoms with Crippen LogP contribution in [-0.2, 0) is 16.0 Å². The van der Waals surface area contributed by atoms with Crippen molar-refractivity contribution in [3.05, 3.63) is 78.4 Å². The van der Waals surface area contributed by atoms with Crippen LogP contribution < -0.4 is 26.6 Å². The topological polar surface area (TPSA) is 123 Å². The zero-order chi connectivity index (χ0) is 30.7. The lowest BCUT2D eigenvalue weighted by Gasteiger charge is -2.25. The number of aromatic amines is 3. The van der Waals surface area contributed by atoms with Crippen LogP contribution in [0.4, 0.5) is 0 Å². The second kappa shape index (κ2) is 10.7. The summed E-state index contributed by atoms with van der Waals surface area (Å²) in [6, 6.07) is -0.228. The van der Waals surface area contributed by atoms with E-state index in [1.807, 2.05) is 32.1 Å². The van der Waals surface area contributed by atoms with E-state index in [4.69, 9.17) is 4.74 Å². The van der Waals surface area contributed by atoms with Crippen molar-refractivity contribution in [1.82, 2.24) is 20.3 Å². The molecule has 0 amide bonds. The summed E-state index contributed by atoms with van der Waals surface area (Å²) in [5.41, 5.74) is 8.84. The Balaban J connectivity index is 1.77. The van der Waals surface area contributed by atoms with Crippen LogP contribution in [-0.4, -0.2) is 45.0 Å². The number of esters is 1. The van der Waals surface area contributed by atoms with Crippen LogP contribution in [0.15, 0.2) is 12.3 Å². The Morgan fingerprint density at radius 1 is 1.05 bits per heavy atom. The van der Waals surface area contributed by atoms with Crippen molar-refractivity contribution in [1.29, 1.82) is 0 Å². The number of rotatable bonds is 5. The molecule has 3 aromatic rings. The lowest BCUT2D eigenvalue weighted by atomic mass is 9.80. The fraction of sp³-hybridized carbons (Fsp3) is 0.371. The number of aliphatic hydroxyl groups excluding tert-OH is 1. The Hall–Kier alpha value is -4.46. The Kier molecular flexibility index (Phi) is 7.11. The minimum atomic E-state index is -0.999. The maximum Gasteiger partial charge on any atom is 0.320 e. The van der Waals surface area contributed by atoms with Crippen LogP contribution in [0.5, 0.6) is 0 Å². The molecule has 43 heavy (non-hydrogen) atoms. The Labute approximate surface area is 250 Å².